The fraction of sp³-hybridized carbons (Fsp3) is 0.176. The molecule has 0 unspecified atom stereocenters. The van der Waals surface area contributed by atoms with Gasteiger partial charge in [0.2, 0.25) is 0 Å². The minimum Gasteiger partial charge on any atom is -0.484 e. The van der Waals surface area contributed by atoms with Crippen molar-refractivity contribution in [3.05, 3.63) is 65.5 Å². The Hall–Kier alpha value is -2.69. The van der Waals surface area contributed by atoms with Gasteiger partial charge in [-0.15, -0.1) is 0 Å². The molecule has 2 rings (SSSR count). The number of rotatable bonds is 6. The Morgan fingerprint density at radius 1 is 1.18 bits per heavy atom. The van der Waals surface area contributed by atoms with Crippen LogP contribution in [0.2, 0.25) is 0 Å². The number of hydrazone groups is 1. The number of amides is 1. The minimum atomic E-state index is -0.363. The van der Waals surface area contributed by atoms with Crippen LogP contribution < -0.4 is 10.2 Å². The summed E-state index contributed by atoms with van der Waals surface area (Å²) in [6, 6.07) is 13.4. The Morgan fingerprint density at radius 2 is 1.86 bits per heavy atom. The van der Waals surface area contributed by atoms with Crippen LogP contribution in [0.1, 0.15) is 18.1 Å². The number of ether oxygens (including phenoxy) is 1. The maximum absolute atomic E-state index is 12.7. The SMILES string of the molecule is CCc1ccc(OCC(=O)N/N=C/c2ccc(F)cc2)cc1. The second-order valence-electron chi connectivity index (χ2n) is 4.63. The maximum Gasteiger partial charge on any atom is 0.277 e. The van der Waals surface area contributed by atoms with Crippen LogP contribution in [0, 0.1) is 5.82 Å². The number of hydrogen-bond acceptors (Lipinski definition) is 3. The molecule has 0 bridgehead atoms. The van der Waals surface area contributed by atoms with E-state index in [0.717, 1.165) is 6.42 Å². The minimum absolute atomic E-state index is 0.119. The van der Waals surface area contributed by atoms with Gasteiger partial charge in [0.15, 0.2) is 6.61 Å². The highest BCUT2D eigenvalue weighted by Gasteiger charge is 2.01. The Balaban J connectivity index is 1.76. The first-order chi connectivity index (χ1) is 10.7. The summed E-state index contributed by atoms with van der Waals surface area (Å²) < 4.78 is 18.1. The van der Waals surface area contributed by atoms with Crippen LogP contribution in [0.3, 0.4) is 0 Å². The molecule has 0 spiro atoms. The molecule has 0 radical (unpaired) electrons. The van der Waals surface area contributed by atoms with Crippen molar-refractivity contribution < 1.29 is 13.9 Å². The Morgan fingerprint density at radius 3 is 2.50 bits per heavy atom. The third-order valence-corrected chi connectivity index (χ3v) is 2.97. The van der Waals surface area contributed by atoms with Crippen molar-refractivity contribution in [2.24, 2.45) is 5.10 Å². The summed E-state index contributed by atoms with van der Waals surface area (Å²) in [5.74, 6) is -0.0449. The molecule has 0 fully saturated rings. The molecule has 0 aromatic heterocycles. The molecular formula is C17H17FN2O2. The summed E-state index contributed by atoms with van der Waals surface area (Å²) in [6.07, 6.45) is 2.40. The second-order valence-corrected chi connectivity index (χ2v) is 4.63. The molecule has 1 amide bonds. The average Bonchev–Trinajstić information content (AvgIpc) is 2.55. The third kappa shape index (κ3) is 5.01. The van der Waals surface area contributed by atoms with Gasteiger partial charge in [-0.25, -0.2) is 9.82 Å². The lowest BCUT2D eigenvalue weighted by Gasteiger charge is -2.05. The van der Waals surface area contributed by atoms with E-state index in [0.29, 0.717) is 11.3 Å². The largest absolute Gasteiger partial charge is 0.484 e. The van der Waals surface area contributed by atoms with E-state index in [-0.39, 0.29) is 18.3 Å². The van der Waals surface area contributed by atoms with Crippen molar-refractivity contribution in [2.45, 2.75) is 13.3 Å². The predicted octanol–water partition coefficient (Wildman–Crippen LogP) is 2.92. The van der Waals surface area contributed by atoms with Gasteiger partial charge in [-0.05, 0) is 41.8 Å². The van der Waals surface area contributed by atoms with Crippen LogP contribution in [0.15, 0.2) is 53.6 Å². The van der Waals surface area contributed by atoms with E-state index in [4.69, 9.17) is 4.74 Å². The molecule has 0 atom stereocenters. The van der Waals surface area contributed by atoms with E-state index in [9.17, 15) is 9.18 Å². The van der Waals surface area contributed by atoms with Crippen molar-refractivity contribution in [2.75, 3.05) is 6.61 Å². The first kappa shape index (κ1) is 15.7. The van der Waals surface area contributed by atoms with E-state index >= 15 is 0 Å². The van der Waals surface area contributed by atoms with E-state index in [1.54, 1.807) is 12.1 Å². The lowest BCUT2D eigenvalue weighted by Crippen LogP contribution is -2.24. The molecule has 1 N–H and O–H groups in total. The number of aryl methyl sites for hydroxylation is 1. The molecule has 22 heavy (non-hydrogen) atoms. The summed E-state index contributed by atoms with van der Waals surface area (Å²) >= 11 is 0. The average molecular weight is 300 g/mol. The second kappa shape index (κ2) is 7.93. The first-order valence-corrected chi connectivity index (χ1v) is 6.96. The fourth-order valence-corrected chi connectivity index (χ4v) is 1.73. The number of nitrogens with zero attached hydrogens (tertiary/aromatic N) is 1. The molecule has 0 heterocycles. The fourth-order valence-electron chi connectivity index (χ4n) is 1.73. The zero-order valence-electron chi connectivity index (χ0n) is 12.3. The Bertz CT molecular complexity index is 637. The van der Waals surface area contributed by atoms with Gasteiger partial charge in [-0.1, -0.05) is 31.2 Å². The van der Waals surface area contributed by atoms with E-state index in [2.05, 4.69) is 17.5 Å². The van der Waals surface area contributed by atoms with Crippen LogP contribution in [-0.2, 0) is 11.2 Å². The van der Waals surface area contributed by atoms with Gasteiger partial charge in [0.25, 0.3) is 5.91 Å². The highest BCUT2D eigenvalue weighted by Crippen LogP contribution is 2.12. The topological polar surface area (TPSA) is 50.7 Å². The van der Waals surface area contributed by atoms with Crippen molar-refractivity contribution >= 4 is 12.1 Å². The number of hydrogen-bond donors (Lipinski definition) is 1. The monoisotopic (exact) mass is 300 g/mol. The summed E-state index contributed by atoms with van der Waals surface area (Å²) in [4.78, 5) is 11.6. The number of carbonyl (C=O) groups is 1. The quantitative estimate of drug-likeness (QED) is 0.659. The zero-order chi connectivity index (χ0) is 15.8. The van der Waals surface area contributed by atoms with Crippen LogP contribution in [-0.4, -0.2) is 18.7 Å². The molecule has 0 saturated carbocycles. The maximum atomic E-state index is 12.7. The molecular weight excluding hydrogens is 283 g/mol. The van der Waals surface area contributed by atoms with Gasteiger partial charge in [0.05, 0.1) is 6.21 Å². The van der Waals surface area contributed by atoms with Crippen LogP contribution in [0.4, 0.5) is 4.39 Å². The summed E-state index contributed by atoms with van der Waals surface area (Å²) in [5, 5.41) is 3.78. The van der Waals surface area contributed by atoms with E-state index in [1.165, 1.54) is 23.9 Å². The summed E-state index contributed by atoms with van der Waals surface area (Å²) in [5.41, 5.74) is 4.25. The van der Waals surface area contributed by atoms with Gasteiger partial charge >= 0.3 is 0 Å². The van der Waals surface area contributed by atoms with Gasteiger partial charge < -0.3 is 4.74 Å². The van der Waals surface area contributed by atoms with Gasteiger partial charge in [0, 0.05) is 0 Å². The van der Waals surface area contributed by atoms with Gasteiger partial charge in [-0.3, -0.25) is 4.79 Å². The lowest BCUT2D eigenvalue weighted by atomic mass is 10.2. The standard InChI is InChI=1S/C17H17FN2O2/c1-2-13-5-9-16(10-6-13)22-12-17(21)20-19-11-14-3-7-15(18)8-4-14/h3-11H,2,12H2,1H3,(H,20,21)/b19-11+. The summed E-state index contributed by atoms with van der Waals surface area (Å²) in [7, 11) is 0. The summed E-state index contributed by atoms with van der Waals surface area (Å²) in [6.45, 7) is 1.95. The normalized spacial score (nSPS) is 10.6. The van der Waals surface area contributed by atoms with Crippen molar-refractivity contribution in [3.63, 3.8) is 0 Å². The van der Waals surface area contributed by atoms with E-state index in [1.807, 2.05) is 24.3 Å². The van der Waals surface area contributed by atoms with E-state index < -0.39 is 0 Å². The van der Waals surface area contributed by atoms with Crippen molar-refractivity contribution in [1.29, 1.82) is 0 Å². The molecule has 0 aliphatic heterocycles. The number of carbonyl (C=O) groups excluding carboxylic acids is 1. The lowest BCUT2D eigenvalue weighted by molar-refractivity contribution is -0.123. The number of benzene rings is 2. The van der Waals surface area contributed by atoms with Crippen LogP contribution in [0.5, 0.6) is 5.75 Å². The molecule has 0 aliphatic rings. The van der Waals surface area contributed by atoms with Crippen LogP contribution in [0.25, 0.3) is 0 Å². The highest BCUT2D eigenvalue weighted by molar-refractivity contribution is 5.82. The van der Waals surface area contributed by atoms with Crippen LogP contribution >= 0.6 is 0 Å². The number of halogens is 1. The molecule has 2 aromatic carbocycles. The molecule has 5 heteroatoms. The molecule has 0 saturated heterocycles. The molecule has 114 valence electrons. The smallest absolute Gasteiger partial charge is 0.277 e. The molecule has 0 aliphatic carbocycles. The predicted molar refractivity (Wildman–Crippen MR) is 83.5 cm³/mol. The number of nitrogens with one attached hydrogen (secondary N) is 1. The first-order valence-electron chi connectivity index (χ1n) is 6.96. The van der Waals surface area contributed by atoms with Crippen molar-refractivity contribution in [3.8, 4) is 5.75 Å². The highest BCUT2D eigenvalue weighted by atomic mass is 19.1. The molecule has 2 aromatic rings. The van der Waals surface area contributed by atoms with Crippen molar-refractivity contribution in [1.82, 2.24) is 5.43 Å². The molecule has 4 nitrogen and oxygen atoms in total. The zero-order valence-corrected chi connectivity index (χ0v) is 12.3. The van der Waals surface area contributed by atoms with Gasteiger partial charge in [0.1, 0.15) is 11.6 Å². The third-order valence-electron chi connectivity index (χ3n) is 2.97. The Labute approximate surface area is 128 Å². The Kier molecular flexibility index (Phi) is 5.65. The van der Waals surface area contributed by atoms with Gasteiger partial charge in [-0.2, -0.15) is 5.10 Å².